The van der Waals surface area contributed by atoms with Gasteiger partial charge in [-0.2, -0.15) is 0 Å². The molecule has 0 aromatic heterocycles. The van der Waals surface area contributed by atoms with E-state index in [9.17, 15) is 4.79 Å². The van der Waals surface area contributed by atoms with Crippen LogP contribution in [0.25, 0.3) is 0 Å². The molecule has 0 saturated carbocycles. The Kier molecular flexibility index (Phi) is 8.47. The van der Waals surface area contributed by atoms with Gasteiger partial charge in [0.1, 0.15) is 5.75 Å². The van der Waals surface area contributed by atoms with Gasteiger partial charge in [-0.15, -0.1) is 0 Å². The van der Waals surface area contributed by atoms with Crippen LogP contribution in [0, 0.1) is 0 Å². The minimum atomic E-state index is -0.0907. The molecular formula is C14H21NO2. The highest BCUT2D eigenvalue weighted by Gasteiger charge is 2.04. The molecule has 0 atom stereocenters. The van der Waals surface area contributed by atoms with Crippen molar-refractivity contribution in [1.29, 1.82) is 0 Å². The van der Waals surface area contributed by atoms with Crippen molar-refractivity contribution in [3.63, 3.8) is 0 Å². The SMILES string of the molecule is C/C=C/CNC(=O)c1cccc(OC)c1.CC. The van der Waals surface area contributed by atoms with Crippen LogP contribution >= 0.6 is 0 Å². The highest BCUT2D eigenvalue weighted by Crippen LogP contribution is 2.11. The first kappa shape index (κ1) is 15.2. The van der Waals surface area contributed by atoms with Gasteiger partial charge in [-0.05, 0) is 25.1 Å². The van der Waals surface area contributed by atoms with Crippen LogP contribution in [0.2, 0.25) is 0 Å². The lowest BCUT2D eigenvalue weighted by Gasteiger charge is -2.04. The van der Waals surface area contributed by atoms with Crippen LogP contribution in [-0.4, -0.2) is 19.6 Å². The Bertz CT molecular complexity index is 359. The molecule has 1 amide bonds. The molecule has 94 valence electrons. The Morgan fingerprint density at radius 1 is 1.41 bits per heavy atom. The number of ether oxygens (including phenoxy) is 1. The first-order valence-corrected chi connectivity index (χ1v) is 5.81. The smallest absolute Gasteiger partial charge is 0.251 e. The molecule has 0 heterocycles. The molecule has 0 fully saturated rings. The molecule has 1 rings (SSSR count). The summed E-state index contributed by atoms with van der Waals surface area (Å²) in [6.45, 7) is 6.46. The summed E-state index contributed by atoms with van der Waals surface area (Å²) in [6, 6.07) is 7.07. The topological polar surface area (TPSA) is 38.3 Å². The van der Waals surface area contributed by atoms with Gasteiger partial charge in [0.25, 0.3) is 5.91 Å². The Hall–Kier alpha value is -1.77. The van der Waals surface area contributed by atoms with Crippen molar-refractivity contribution < 1.29 is 9.53 Å². The Morgan fingerprint density at radius 3 is 2.71 bits per heavy atom. The Morgan fingerprint density at radius 2 is 2.12 bits per heavy atom. The van der Waals surface area contributed by atoms with Crippen LogP contribution in [0.3, 0.4) is 0 Å². The van der Waals surface area contributed by atoms with E-state index in [0.29, 0.717) is 17.9 Å². The number of hydrogen-bond donors (Lipinski definition) is 1. The van der Waals surface area contributed by atoms with E-state index in [2.05, 4.69) is 5.32 Å². The average Bonchev–Trinajstić information content (AvgIpc) is 2.41. The number of allylic oxidation sites excluding steroid dienone is 1. The molecule has 17 heavy (non-hydrogen) atoms. The predicted octanol–water partition coefficient (Wildman–Crippen LogP) is 3.03. The lowest BCUT2D eigenvalue weighted by Crippen LogP contribution is -2.23. The maximum Gasteiger partial charge on any atom is 0.251 e. The number of carbonyl (C=O) groups is 1. The van der Waals surface area contributed by atoms with Crippen molar-refractivity contribution in [3.05, 3.63) is 42.0 Å². The second-order valence-electron chi connectivity index (χ2n) is 3.01. The molecule has 0 radical (unpaired) electrons. The molecule has 0 unspecified atom stereocenters. The fourth-order valence-corrected chi connectivity index (χ4v) is 1.14. The van der Waals surface area contributed by atoms with Gasteiger partial charge in [-0.25, -0.2) is 0 Å². The molecule has 0 aliphatic heterocycles. The van der Waals surface area contributed by atoms with Gasteiger partial charge in [0.2, 0.25) is 0 Å². The van der Waals surface area contributed by atoms with E-state index in [1.807, 2.05) is 39.0 Å². The van der Waals surface area contributed by atoms with Crippen molar-refractivity contribution in [2.24, 2.45) is 0 Å². The van der Waals surface area contributed by atoms with Gasteiger partial charge in [-0.3, -0.25) is 4.79 Å². The zero-order chi connectivity index (χ0) is 13.1. The third kappa shape index (κ3) is 5.76. The molecule has 0 spiro atoms. The number of hydrogen-bond acceptors (Lipinski definition) is 2. The second-order valence-corrected chi connectivity index (χ2v) is 3.01. The lowest BCUT2D eigenvalue weighted by molar-refractivity contribution is 0.0957. The summed E-state index contributed by atoms with van der Waals surface area (Å²) in [4.78, 5) is 11.6. The van der Waals surface area contributed by atoms with Crippen LogP contribution in [-0.2, 0) is 0 Å². The normalized spacial score (nSPS) is 9.41. The van der Waals surface area contributed by atoms with Crippen molar-refractivity contribution in [2.75, 3.05) is 13.7 Å². The van der Waals surface area contributed by atoms with E-state index in [-0.39, 0.29) is 5.91 Å². The molecule has 3 nitrogen and oxygen atoms in total. The van der Waals surface area contributed by atoms with Gasteiger partial charge in [0.05, 0.1) is 7.11 Å². The molecule has 1 aromatic rings. The number of carbonyl (C=O) groups excluding carboxylic acids is 1. The molecule has 0 aliphatic carbocycles. The van der Waals surface area contributed by atoms with Crippen LogP contribution in [0.15, 0.2) is 36.4 Å². The Balaban J connectivity index is 0.00000121. The number of benzene rings is 1. The summed E-state index contributed by atoms with van der Waals surface area (Å²) in [5, 5.41) is 2.77. The molecule has 0 bridgehead atoms. The van der Waals surface area contributed by atoms with E-state index in [1.54, 1.807) is 25.3 Å². The van der Waals surface area contributed by atoms with Crippen molar-refractivity contribution in [2.45, 2.75) is 20.8 Å². The number of amides is 1. The zero-order valence-electron chi connectivity index (χ0n) is 11.0. The standard InChI is InChI=1S/C12H15NO2.C2H6/c1-3-4-8-13-12(14)10-6-5-7-11(9-10)15-2;1-2/h3-7,9H,8H2,1-2H3,(H,13,14);1-2H3/b4-3+;. The van der Waals surface area contributed by atoms with Crippen LogP contribution < -0.4 is 10.1 Å². The number of nitrogens with one attached hydrogen (secondary N) is 1. The van der Waals surface area contributed by atoms with E-state index in [1.165, 1.54) is 0 Å². The number of methoxy groups -OCH3 is 1. The quantitative estimate of drug-likeness (QED) is 0.815. The van der Waals surface area contributed by atoms with Crippen molar-refractivity contribution >= 4 is 5.91 Å². The van der Waals surface area contributed by atoms with E-state index in [0.717, 1.165) is 0 Å². The van der Waals surface area contributed by atoms with Gasteiger partial charge in [0, 0.05) is 12.1 Å². The zero-order valence-corrected chi connectivity index (χ0v) is 11.0. The fraction of sp³-hybridized carbons (Fsp3) is 0.357. The Labute approximate surface area is 103 Å². The summed E-state index contributed by atoms with van der Waals surface area (Å²) in [6.07, 6.45) is 3.78. The minimum absolute atomic E-state index is 0.0907. The summed E-state index contributed by atoms with van der Waals surface area (Å²) < 4.78 is 5.04. The van der Waals surface area contributed by atoms with Crippen LogP contribution in [0.4, 0.5) is 0 Å². The van der Waals surface area contributed by atoms with E-state index in [4.69, 9.17) is 4.74 Å². The maximum atomic E-state index is 11.6. The van der Waals surface area contributed by atoms with Crippen LogP contribution in [0.1, 0.15) is 31.1 Å². The van der Waals surface area contributed by atoms with Gasteiger partial charge >= 0.3 is 0 Å². The van der Waals surface area contributed by atoms with E-state index < -0.39 is 0 Å². The first-order valence-electron chi connectivity index (χ1n) is 5.81. The van der Waals surface area contributed by atoms with Gasteiger partial charge < -0.3 is 10.1 Å². The fourth-order valence-electron chi connectivity index (χ4n) is 1.14. The average molecular weight is 235 g/mol. The van der Waals surface area contributed by atoms with Gasteiger partial charge in [-0.1, -0.05) is 32.1 Å². The third-order valence-electron chi connectivity index (χ3n) is 1.95. The second kappa shape index (κ2) is 9.46. The minimum Gasteiger partial charge on any atom is -0.497 e. The predicted molar refractivity (Wildman–Crippen MR) is 71.5 cm³/mol. The van der Waals surface area contributed by atoms with Gasteiger partial charge in [0.15, 0.2) is 0 Å². The number of rotatable bonds is 4. The highest BCUT2D eigenvalue weighted by atomic mass is 16.5. The summed E-state index contributed by atoms with van der Waals surface area (Å²) in [7, 11) is 1.58. The van der Waals surface area contributed by atoms with Crippen molar-refractivity contribution in [1.82, 2.24) is 5.32 Å². The summed E-state index contributed by atoms with van der Waals surface area (Å²) >= 11 is 0. The van der Waals surface area contributed by atoms with Crippen molar-refractivity contribution in [3.8, 4) is 5.75 Å². The summed E-state index contributed by atoms with van der Waals surface area (Å²) in [5.74, 6) is 0.598. The lowest BCUT2D eigenvalue weighted by atomic mass is 10.2. The summed E-state index contributed by atoms with van der Waals surface area (Å²) in [5.41, 5.74) is 0.610. The molecule has 0 saturated heterocycles. The first-order chi connectivity index (χ1) is 8.27. The monoisotopic (exact) mass is 235 g/mol. The maximum absolute atomic E-state index is 11.6. The molecule has 1 N–H and O–H groups in total. The largest absolute Gasteiger partial charge is 0.497 e. The molecule has 0 aliphatic rings. The van der Waals surface area contributed by atoms with E-state index >= 15 is 0 Å². The molecule has 1 aromatic carbocycles. The molecular weight excluding hydrogens is 214 g/mol. The molecule has 3 heteroatoms. The highest BCUT2D eigenvalue weighted by molar-refractivity contribution is 5.94. The van der Waals surface area contributed by atoms with Crippen LogP contribution in [0.5, 0.6) is 5.75 Å². The third-order valence-corrected chi connectivity index (χ3v) is 1.95.